The predicted molar refractivity (Wildman–Crippen MR) is 122 cm³/mol. The van der Waals surface area contributed by atoms with Crippen LogP contribution in [0.3, 0.4) is 0 Å². The first-order valence-electron chi connectivity index (χ1n) is 10.4. The first-order valence-corrected chi connectivity index (χ1v) is 11.2. The smallest absolute Gasteiger partial charge is 0.335 e. The summed E-state index contributed by atoms with van der Waals surface area (Å²) in [5.41, 5.74) is 3.48. The molecule has 2 saturated heterocycles. The van der Waals surface area contributed by atoms with E-state index in [2.05, 4.69) is 0 Å². The third kappa shape index (κ3) is 4.57. The van der Waals surface area contributed by atoms with Crippen LogP contribution in [0, 0.1) is 13.8 Å². The molecule has 0 unspecified atom stereocenters. The van der Waals surface area contributed by atoms with E-state index in [0.29, 0.717) is 26.3 Å². The summed E-state index contributed by atoms with van der Waals surface area (Å²) >= 11 is 0.819. The van der Waals surface area contributed by atoms with Crippen molar-refractivity contribution in [1.29, 1.82) is 0 Å². The topological polar surface area (TPSA) is 109 Å². The number of carbonyl (C=O) groups is 4. The molecule has 2 aromatic rings. The van der Waals surface area contributed by atoms with E-state index in [0.717, 1.165) is 39.3 Å². The Morgan fingerprint density at radius 2 is 1.79 bits per heavy atom. The number of morpholine rings is 1. The lowest BCUT2D eigenvalue weighted by Gasteiger charge is -2.28. The lowest BCUT2D eigenvalue weighted by atomic mass is 10.2. The molecule has 0 radical (unpaired) electrons. The first-order chi connectivity index (χ1) is 15.8. The number of hydrogen-bond donors (Lipinski definition) is 1. The van der Waals surface area contributed by atoms with Crippen LogP contribution in [0.4, 0.5) is 4.79 Å². The van der Waals surface area contributed by atoms with Crippen LogP contribution in [-0.4, -0.2) is 75.3 Å². The van der Waals surface area contributed by atoms with Crippen LogP contribution in [0.15, 0.2) is 35.2 Å². The molecule has 172 valence electrons. The summed E-state index contributed by atoms with van der Waals surface area (Å²) in [6.45, 7) is 5.30. The average molecular weight is 470 g/mol. The average Bonchev–Trinajstić information content (AvgIpc) is 3.23. The van der Waals surface area contributed by atoms with Gasteiger partial charge in [-0.1, -0.05) is 0 Å². The van der Waals surface area contributed by atoms with Gasteiger partial charge in [-0.05, 0) is 67.6 Å². The summed E-state index contributed by atoms with van der Waals surface area (Å²) in [4.78, 5) is 51.8. The van der Waals surface area contributed by atoms with Crippen molar-refractivity contribution in [3.8, 4) is 5.69 Å². The monoisotopic (exact) mass is 469 g/mol. The quantitative estimate of drug-likeness (QED) is 0.671. The van der Waals surface area contributed by atoms with E-state index in [1.807, 2.05) is 24.5 Å². The largest absolute Gasteiger partial charge is 0.478 e. The number of amides is 3. The third-order valence-corrected chi connectivity index (χ3v) is 6.57. The number of carbonyl (C=O) groups excluding carboxylic acids is 3. The number of rotatable bonds is 5. The van der Waals surface area contributed by atoms with Crippen molar-refractivity contribution in [2.45, 2.75) is 13.8 Å². The van der Waals surface area contributed by atoms with Crippen LogP contribution in [0.5, 0.6) is 0 Å². The molecule has 3 heterocycles. The van der Waals surface area contributed by atoms with Crippen LogP contribution in [0.2, 0.25) is 0 Å². The van der Waals surface area contributed by atoms with Crippen molar-refractivity contribution < 1.29 is 29.0 Å². The van der Waals surface area contributed by atoms with Crippen LogP contribution in [0.25, 0.3) is 11.8 Å². The van der Waals surface area contributed by atoms with Crippen molar-refractivity contribution in [2.24, 2.45) is 0 Å². The van der Waals surface area contributed by atoms with E-state index < -0.39 is 17.1 Å². The fourth-order valence-electron chi connectivity index (χ4n) is 3.91. The summed E-state index contributed by atoms with van der Waals surface area (Å²) in [6, 6.07) is 8.41. The minimum Gasteiger partial charge on any atom is -0.478 e. The molecule has 0 spiro atoms. The van der Waals surface area contributed by atoms with E-state index in [9.17, 15) is 19.2 Å². The van der Waals surface area contributed by atoms with Gasteiger partial charge in [-0.25, -0.2) is 4.79 Å². The molecule has 4 rings (SSSR count). The Morgan fingerprint density at radius 3 is 2.42 bits per heavy atom. The van der Waals surface area contributed by atoms with E-state index in [1.165, 1.54) is 12.1 Å². The molecule has 2 aliphatic rings. The highest BCUT2D eigenvalue weighted by Gasteiger charge is 2.37. The third-order valence-electron chi connectivity index (χ3n) is 5.66. The Bertz CT molecular complexity index is 1160. The number of aromatic nitrogens is 1. The number of carboxylic acids is 1. The van der Waals surface area contributed by atoms with Gasteiger partial charge >= 0.3 is 5.97 Å². The number of thioether (sulfide) groups is 1. The molecule has 9 nitrogen and oxygen atoms in total. The highest BCUT2D eigenvalue weighted by molar-refractivity contribution is 8.18. The Kier molecular flexibility index (Phi) is 6.39. The van der Waals surface area contributed by atoms with E-state index in [4.69, 9.17) is 9.84 Å². The molecule has 0 atom stereocenters. The molecule has 3 amide bonds. The predicted octanol–water partition coefficient (Wildman–Crippen LogP) is 2.69. The number of benzene rings is 1. The molecule has 33 heavy (non-hydrogen) atoms. The van der Waals surface area contributed by atoms with Gasteiger partial charge in [0.15, 0.2) is 0 Å². The Balaban J connectivity index is 1.55. The number of nitrogens with zero attached hydrogens (tertiary/aromatic N) is 3. The minimum absolute atomic E-state index is 0.196. The maximum absolute atomic E-state index is 12.9. The first kappa shape index (κ1) is 22.8. The van der Waals surface area contributed by atoms with Crippen LogP contribution in [-0.2, 0) is 14.3 Å². The van der Waals surface area contributed by atoms with Gasteiger partial charge < -0.3 is 19.3 Å². The zero-order valence-electron chi connectivity index (χ0n) is 18.2. The van der Waals surface area contributed by atoms with Gasteiger partial charge in [0.25, 0.3) is 11.1 Å². The van der Waals surface area contributed by atoms with Gasteiger partial charge in [0.1, 0.15) is 6.54 Å². The maximum Gasteiger partial charge on any atom is 0.335 e. The number of carboxylic acid groups (broad SMARTS) is 1. The summed E-state index contributed by atoms with van der Waals surface area (Å²) in [5.74, 6) is -1.75. The summed E-state index contributed by atoms with van der Waals surface area (Å²) in [6.07, 6.45) is 1.66. The van der Waals surface area contributed by atoms with Crippen molar-refractivity contribution in [2.75, 3.05) is 32.8 Å². The van der Waals surface area contributed by atoms with Gasteiger partial charge in [0.05, 0.1) is 23.7 Å². The molecule has 0 bridgehead atoms. The van der Waals surface area contributed by atoms with E-state index in [-0.39, 0.29) is 22.9 Å². The van der Waals surface area contributed by atoms with Crippen LogP contribution < -0.4 is 0 Å². The molecule has 2 aliphatic heterocycles. The second-order valence-corrected chi connectivity index (χ2v) is 8.77. The minimum atomic E-state index is -0.994. The number of hydrogen-bond acceptors (Lipinski definition) is 6. The molecule has 2 fully saturated rings. The zero-order valence-corrected chi connectivity index (χ0v) is 19.1. The normalized spacial score (nSPS) is 17.8. The molecule has 1 aromatic carbocycles. The fraction of sp³-hybridized carbons (Fsp3) is 0.304. The number of aromatic carboxylic acids is 1. The highest BCUT2D eigenvalue weighted by atomic mass is 32.2. The zero-order chi connectivity index (χ0) is 23.7. The Hall–Kier alpha value is -3.37. The molecule has 10 heteroatoms. The summed E-state index contributed by atoms with van der Waals surface area (Å²) in [5, 5.41) is 8.64. The van der Waals surface area contributed by atoms with Gasteiger partial charge in [0, 0.05) is 30.2 Å². The SMILES string of the molecule is Cc1cc(/C=C2/SC(=O)N(CC(=O)N3CCOCC3)C2=O)c(C)n1-c1ccc(C(=O)O)cc1. The van der Waals surface area contributed by atoms with Crippen molar-refractivity contribution >= 4 is 40.9 Å². The Labute approximate surface area is 194 Å². The lowest BCUT2D eigenvalue weighted by Crippen LogP contribution is -2.46. The standard InChI is InChI=1S/C23H23N3O6S/c1-14-11-17(15(2)26(14)18-5-3-16(4-6-18)22(29)30)12-19-21(28)25(23(31)33-19)13-20(27)24-7-9-32-10-8-24/h3-6,11-12H,7-10,13H2,1-2H3,(H,29,30)/b19-12+. The van der Waals surface area contributed by atoms with Crippen molar-refractivity contribution in [3.63, 3.8) is 0 Å². The summed E-state index contributed by atoms with van der Waals surface area (Å²) in [7, 11) is 0. The summed E-state index contributed by atoms with van der Waals surface area (Å²) < 4.78 is 7.18. The molecule has 1 aromatic heterocycles. The number of aryl methyl sites for hydroxylation is 1. The van der Waals surface area contributed by atoms with Crippen molar-refractivity contribution in [1.82, 2.24) is 14.4 Å². The fourth-order valence-corrected chi connectivity index (χ4v) is 4.74. The highest BCUT2D eigenvalue weighted by Crippen LogP contribution is 2.33. The molecular formula is C23H23N3O6S. The Morgan fingerprint density at radius 1 is 1.12 bits per heavy atom. The second-order valence-electron chi connectivity index (χ2n) is 7.77. The molecule has 0 saturated carbocycles. The lowest BCUT2D eigenvalue weighted by molar-refractivity contribution is -0.139. The van der Waals surface area contributed by atoms with Gasteiger partial charge in [-0.2, -0.15) is 0 Å². The van der Waals surface area contributed by atoms with Crippen LogP contribution in [0.1, 0.15) is 27.3 Å². The second kappa shape index (κ2) is 9.24. The van der Waals surface area contributed by atoms with Gasteiger partial charge in [0.2, 0.25) is 5.91 Å². The van der Waals surface area contributed by atoms with Crippen molar-refractivity contribution in [3.05, 3.63) is 57.8 Å². The van der Waals surface area contributed by atoms with Gasteiger partial charge in [-0.3, -0.25) is 19.3 Å². The maximum atomic E-state index is 12.9. The number of ether oxygens (including phenoxy) is 1. The molecular weight excluding hydrogens is 446 g/mol. The van der Waals surface area contributed by atoms with Gasteiger partial charge in [-0.15, -0.1) is 0 Å². The van der Waals surface area contributed by atoms with Crippen LogP contribution >= 0.6 is 11.8 Å². The molecule has 1 N–H and O–H groups in total. The molecule has 0 aliphatic carbocycles. The van der Waals surface area contributed by atoms with E-state index in [1.54, 1.807) is 23.1 Å². The van der Waals surface area contributed by atoms with E-state index >= 15 is 0 Å². The number of imide groups is 1.